The van der Waals surface area contributed by atoms with Crippen LogP contribution in [0, 0.1) is 18.6 Å². The number of methoxy groups -OCH3 is 1. The van der Waals surface area contributed by atoms with Crippen molar-refractivity contribution in [3.63, 3.8) is 0 Å². The van der Waals surface area contributed by atoms with E-state index in [2.05, 4.69) is 20.6 Å². The molecule has 35 heavy (non-hydrogen) atoms. The maximum Gasteiger partial charge on any atom is 0.254 e. The molecule has 3 heterocycles. The molecule has 0 radical (unpaired) electrons. The SMILES string of the molecule is COc1ccc(-c2cnc3c(Nc4ccc(C(=O)N5CCNCC5)c(C)c4)nccn23)c(F)c1F. The first-order valence-electron chi connectivity index (χ1n) is 11.2. The number of anilines is 2. The quantitative estimate of drug-likeness (QED) is 0.454. The van der Waals surface area contributed by atoms with Gasteiger partial charge in [0.2, 0.25) is 5.82 Å². The van der Waals surface area contributed by atoms with Gasteiger partial charge in [-0.15, -0.1) is 0 Å². The first kappa shape index (κ1) is 22.7. The Morgan fingerprint density at radius 2 is 1.91 bits per heavy atom. The number of piperazine rings is 1. The molecule has 180 valence electrons. The Hall–Kier alpha value is -4.05. The van der Waals surface area contributed by atoms with Gasteiger partial charge in [0.25, 0.3) is 5.91 Å². The maximum absolute atomic E-state index is 14.7. The zero-order valence-electron chi connectivity index (χ0n) is 19.3. The van der Waals surface area contributed by atoms with Crippen molar-refractivity contribution in [3.05, 3.63) is 71.7 Å². The van der Waals surface area contributed by atoms with Gasteiger partial charge in [0.05, 0.1) is 19.0 Å². The Kier molecular flexibility index (Phi) is 6.04. The molecule has 1 saturated heterocycles. The lowest BCUT2D eigenvalue weighted by Gasteiger charge is -2.28. The van der Waals surface area contributed by atoms with Gasteiger partial charge in [-0.25, -0.2) is 14.4 Å². The smallest absolute Gasteiger partial charge is 0.254 e. The summed E-state index contributed by atoms with van der Waals surface area (Å²) in [7, 11) is 1.28. The number of fused-ring (bicyclic) bond motifs is 1. The molecule has 1 amide bonds. The number of carbonyl (C=O) groups excluding carboxylic acids is 1. The summed E-state index contributed by atoms with van der Waals surface area (Å²) >= 11 is 0. The number of benzene rings is 2. The van der Waals surface area contributed by atoms with E-state index in [1.807, 2.05) is 24.0 Å². The molecule has 0 unspecified atom stereocenters. The number of aryl methyl sites for hydroxylation is 1. The minimum Gasteiger partial charge on any atom is -0.494 e. The fraction of sp³-hybridized carbons (Fsp3) is 0.240. The summed E-state index contributed by atoms with van der Waals surface area (Å²) in [5.74, 6) is -1.79. The Morgan fingerprint density at radius 3 is 2.66 bits per heavy atom. The zero-order chi connectivity index (χ0) is 24.5. The lowest BCUT2D eigenvalue weighted by atomic mass is 10.1. The summed E-state index contributed by atoms with van der Waals surface area (Å²) in [6.45, 7) is 4.85. The van der Waals surface area contributed by atoms with Gasteiger partial charge in [-0.1, -0.05) is 0 Å². The molecule has 5 rings (SSSR count). The molecule has 4 aromatic rings. The van der Waals surface area contributed by atoms with Crippen LogP contribution in [0.4, 0.5) is 20.3 Å². The van der Waals surface area contributed by atoms with E-state index in [1.165, 1.54) is 25.4 Å². The number of ether oxygens (including phenoxy) is 1. The van der Waals surface area contributed by atoms with E-state index in [0.29, 0.717) is 35.8 Å². The molecule has 0 aliphatic carbocycles. The summed E-state index contributed by atoms with van der Waals surface area (Å²) in [4.78, 5) is 23.5. The second-order valence-corrected chi connectivity index (χ2v) is 8.25. The third kappa shape index (κ3) is 4.17. The van der Waals surface area contributed by atoms with Crippen LogP contribution in [0.5, 0.6) is 5.75 Å². The van der Waals surface area contributed by atoms with Crippen molar-refractivity contribution in [1.82, 2.24) is 24.6 Å². The number of imidazole rings is 1. The van der Waals surface area contributed by atoms with E-state index in [1.54, 1.807) is 22.9 Å². The number of rotatable bonds is 5. The third-order valence-corrected chi connectivity index (χ3v) is 6.09. The fourth-order valence-electron chi connectivity index (χ4n) is 4.25. The zero-order valence-corrected chi connectivity index (χ0v) is 19.3. The molecule has 2 aromatic heterocycles. The lowest BCUT2D eigenvalue weighted by molar-refractivity contribution is 0.0735. The van der Waals surface area contributed by atoms with Crippen LogP contribution in [0.3, 0.4) is 0 Å². The number of nitrogens with one attached hydrogen (secondary N) is 2. The highest BCUT2D eigenvalue weighted by atomic mass is 19.2. The Balaban J connectivity index is 1.44. The fourth-order valence-corrected chi connectivity index (χ4v) is 4.25. The van der Waals surface area contributed by atoms with Crippen LogP contribution in [-0.4, -0.2) is 58.5 Å². The number of halogens is 2. The molecule has 0 atom stereocenters. The van der Waals surface area contributed by atoms with Crippen molar-refractivity contribution >= 4 is 23.1 Å². The number of nitrogens with zero attached hydrogens (tertiary/aromatic N) is 4. The highest BCUT2D eigenvalue weighted by molar-refractivity contribution is 5.96. The molecular weight excluding hydrogens is 454 g/mol. The predicted molar refractivity (Wildman–Crippen MR) is 128 cm³/mol. The largest absolute Gasteiger partial charge is 0.494 e. The van der Waals surface area contributed by atoms with Gasteiger partial charge in [-0.2, -0.15) is 4.39 Å². The van der Waals surface area contributed by atoms with E-state index in [-0.39, 0.29) is 17.2 Å². The van der Waals surface area contributed by atoms with Crippen LogP contribution in [0.15, 0.2) is 48.9 Å². The first-order chi connectivity index (χ1) is 17.0. The maximum atomic E-state index is 14.7. The van der Waals surface area contributed by atoms with Crippen molar-refractivity contribution in [2.75, 3.05) is 38.6 Å². The third-order valence-electron chi connectivity index (χ3n) is 6.09. The summed E-state index contributed by atoms with van der Waals surface area (Å²) < 4.78 is 35.5. The molecule has 0 bridgehead atoms. The highest BCUT2D eigenvalue weighted by Crippen LogP contribution is 2.31. The van der Waals surface area contributed by atoms with Crippen LogP contribution in [0.25, 0.3) is 16.9 Å². The van der Waals surface area contributed by atoms with E-state index in [4.69, 9.17) is 4.74 Å². The number of amides is 1. The summed E-state index contributed by atoms with van der Waals surface area (Å²) in [6, 6.07) is 8.32. The van der Waals surface area contributed by atoms with Crippen LogP contribution in [0.2, 0.25) is 0 Å². The summed E-state index contributed by atoms with van der Waals surface area (Å²) in [5, 5.41) is 6.47. The van der Waals surface area contributed by atoms with Crippen LogP contribution in [0.1, 0.15) is 15.9 Å². The van der Waals surface area contributed by atoms with Gasteiger partial charge >= 0.3 is 0 Å². The van der Waals surface area contributed by atoms with E-state index in [0.717, 1.165) is 24.3 Å². The topological polar surface area (TPSA) is 83.8 Å². The van der Waals surface area contributed by atoms with Crippen LogP contribution >= 0.6 is 0 Å². The van der Waals surface area contributed by atoms with Gasteiger partial charge < -0.3 is 20.3 Å². The average molecular weight is 479 g/mol. The second kappa shape index (κ2) is 9.30. The summed E-state index contributed by atoms with van der Waals surface area (Å²) in [5.41, 5.74) is 3.09. The molecule has 10 heteroatoms. The predicted octanol–water partition coefficient (Wildman–Crippen LogP) is 3.78. The van der Waals surface area contributed by atoms with Gasteiger partial charge in [-0.05, 0) is 42.8 Å². The standard InChI is InChI=1S/C25H24F2N6O2/c1-15-13-16(3-4-17(15)25(34)32-10-7-28-8-11-32)31-23-24-30-14-19(33(24)12-9-29-23)18-5-6-20(35-2)22(27)21(18)26/h3-6,9,12-14,28H,7-8,10-11H2,1-2H3,(H,29,31). The molecule has 0 saturated carbocycles. The highest BCUT2D eigenvalue weighted by Gasteiger charge is 2.21. The molecular formula is C25H24F2N6O2. The molecule has 1 aliphatic heterocycles. The summed E-state index contributed by atoms with van der Waals surface area (Å²) in [6.07, 6.45) is 4.64. The minimum atomic E-state index is -1.06. The normalized spacial score (nSPS) is 13.8. The number of hydrogen-bond acceptors (Lipinski definition) is 6. The Bertz CT molecular complexity index is 1410. The van der Waals surface area contributed by atoms with Gasteiger partial charge in [0.15, 0.2) is 23.0 Å². The van der Waals surface area contributed by atoms with Crippen LogP contribution < -0.4 is 15.4 Å². The van der Waals surface area contributed by atoms with Crippen molar-refractivity contribution in [2.24, 2.45) is 0 Å². The number of hydrogen-bond donors (Lipinski definition) is 2. The minimum absolute atomic E-state index is 0.0161. The lowest BCUT2D eigenvalue weighted by Crippen LogP contribution is -2.46. The van der Waals surface area contributed by atoms with Crippen molar-refractivity contribution in [1.29, 1.82) is 0 Å². The first-order valence-corrected chi connectivity index (χ1v) is 11.2. The van der Waals surface area contributed by atoms with Crippen molar-refractivity contribution in [2.45, 2.75) is 6.92 Å². The van der Waals surface area contributed by atoms with Crippen molar-refractivity contribution < 1.29 is 18.3 Å². The van der Waals surface area contributed by atoms with E-state index in [9.17, 15) is 13.6 Å². The van der Waals surface area contributed by atoms with Gasteiger partial charge in [0, 0.05) is 55.4 Å². The molecule has 0 spiro atoms. The monoisotopic (exact) mass is 478 g/mol. The molecule has 2 N–H and O–H groups in total. The molecule has 8 nitrogen and oxygen atoms in total. The van der Waals surface area contributed by atoms with E-state index >= 15 is 0 Å². The second-order valence-electron chi connectivity index (χ2n) is 8.25. The van der Waals surface area contributed by atoms with Gasteiger partial charge in [0.1, 0.15) is 0 Å². The Labute approximate surface area is 200 Å². The molecule has 2 aromatic carbocycles. The average Bonchev–Trinajstić information content (AvgIpc) is 3.31. The van der Waals surface area contributed by atoms with Crippen LogP contribution in [-0.2, 0) is 0 Å². The number of aromatic nitrogens is 3. The van der Waals surface area contributed by atoms with E-state index < -0.39 is 11.6 Å². The Morgan fingerprint density at radius 1 is 1.11 bits per heavy atom. The molecule has 1 aliphatic rings. The molecule has 1 fully saturated rings. The number of carbonyl (C=O) groups is 1. The van der Waals surface area contributed by atoms with Crippen molar-refractivity contribution in [3.8, 4) is 17.0 Å². The van der Waals surface area contributed by atoms with Gasteiger partial charge in [-0.3, -0.25) is 9.20 Å².